The number of para-hydroxylation sites is 1. The highest BCUT2D eigenvalue weighted by Crippen LogP contribution is 2.27. The number of rotatable bonds is 6. The van der Waals surface area contributed by atoms with Crippen molar-refractivity contribution in [1.82, 2.24) is 9.97 Å². The average Bonchev–Trinajstić information content (AvgIpc) is 2.78. The van der Waals surface area contributed by atoms with Gasteiger partial charge in [0.05, 0.1) is 11.1 Å². The van der Waals surface area contributed by atoms with Crippen molar-refractivity contribution in [2.75, 3.05) is 5.32 Å². The molecule has 0 aliphatic carbocycles. The van der Waals surface area contributed by atoms with Crippen LogP contribution in [0.15, 0.2) is 72.9 Å². The molecule has 0 saturated heterocycles. The number of carbonyl (C=O) groups is 2. The van der Waals surface area contributed by atoms with Gasteiger partial charge in [0.15, 0.2) is 0 Å². The Balaban J connectivity index is 1.61. The minimum Gasteiger partial charge on any atom is -0.488 e. The lowest BCUT2D eigenvalue weighted by Crippen LogP contribution is -2.15. The highest BCUT2D eigenvalue weighted by molar-refractivity contribution is 6.04. The van der Waals surface area contributed by atoms with E-state index in [1.54, 1.807) is 6.07 Å². The summed E-state index contributed by atoms with van der Waals surface area (Å²) in [7, 11) is 0. The first kappa shape index (κ1) is 20.0. The number of aromatic nitrogens is 2. The summed E-state index contributed by atoms with van der Waals surface area (Å²) >= 11 is 0. The van der Waals surface area contributed by atoms with Gasteiger partial charge in [-0.25, -0.2) is 14.8 Å². The van der Waals surface area contributed by atoms with Crippen molar-refractivity contribution in [3.63, 3.8) is 0 Å². The van der Waals surface area contributed by atoms with Crippen LogP contribution in [-0.4, -0.2) is 27.0 Å². The fourth-order valence-corrected chi connectivity index (χ4v) is 3.08. The second-order valence-electron chi connectivity index (χ2n) is 6.93. The molecule has 0 saturated carbocycles. The van der Waals surface area contributed by atoms with Crippen LogP contribution < -0.4 is 10.1 Å². The van der Waals surface area contributed by atoms with E-state index in [2.05, 4.69) is 15.3 Å². The molecule has 2 heterocycles. The molecular formula is C24H19N3O4. The summed E-state index contributed by atoms with van der Waals surface area (Å²) < 4.78 is 6.07. The van der Waals surface area contributed by atoms with Gasteiger partial charge in [-0.05, 0) is 42.3 Å². The minimum absolute atomic E-state index is 0.0359. The molecule has 0 spiro atoms. The van der Waals surface area contributed by atoms with E-state index in [4.69, 9.17) is 9.84 Å². The van der Waals surface area contributed by atoms with Crippen LogP contribution in [0, 0.1) is 6.92 Å². The number of nitrogens with one attached hydrogen (secondary N) is 1. The number of benzene rings is 2. The van der Waals surface area contributed by atoms with Gasteiger partial charge in [0, 0.05) is 17.6 Å². The van der Waals surface area contributed by atoms with Gasteiger partial charge in [0.25, 0.3) is 5.91 Å². The summed E-state index contributed by atoms with van der Waals surface area (Å²) in [6.45, 7) is 2.38. The number of aromatic carboxylic acids is 1. The number of amides is 1. The first-order valence-corrected chi connectivity index (χ1v) is 9.59. The maximum Gasteiger partial charge on any atom is 0.337 e. The Hall–Kier alpha value is -4.26. The Labute approximate surface area is 178 Å². The molecule has 0 bridgehead atoms. The second kappa shape index (κ2) is 8.62. The summed E-state index contributed by atoms with van der Waals surface area (Å²) in [5.74, 6) is -0.778. The number of hydrogen-bond acceptors (Lipinski definition) is 5. The molecule has 4 rings (SSSR count). The topological polar surface area (TPSA) is 101 Å². The van der Waals surface area contributed by atoms with Crippen molar-refractivity contribution >= 4 is 28.6 Å². The van der Waals surface area contributed by atoms with Gasteiger partial charge in [-0.2, -0.15) is 0 Å². The molecule has 2 aromatic heterocycles. The van der Waals surface area contributed by atoms with Gasteiger partial charge in [0.1, 0.15) is 23.9 Å². The number of anilines is 1. The standard InChI is InChI=1S/C24H19N3O4/c1-15-6-2-3-7-17(15)14-31-21-12-20(26-19-9-5-4-8-18(19)21)23(28)27-22-11-10-16(13-25-22)24(29)30/h2-13H,14H2,1H3,(H,29,30)(H,25,27,28). The van der Waals surface area contributed by atoms with E-state index >= 15 is 0 Å². The highest BCUT2D eigenvalue weighted by Gasteiger charge is 2.14. The Kier molecular flexibility index (Phi) is 5.57. The van der Waals surface area contributed by atoms with Crippen molar-refractivity contribution in [1.29, 1.82) is 0 Å². The molecule has 0 fully saturated rings. The zero-order valence-corrected chi connectivity index (χ0v) is 16.7. The molecular weight excluding hydrogens is 394 g/mol. The molecule has 154 valence electrons. The third-order valence-electron chi connectivity index (χ3n) is 4.81. The molecule has 31 heavy (non-hydrogen) atoms. The van der Waals surface area contributed by atoms with E-state index in [1.165, 1.54) is 18.3 Å². The van der Waals surface area contributed by atoms with E-state index in [9.17, 15) is 9.59 Å². The number of ether oxygens (including phenoxy) is 1. The molecule has 2 aromatic carbocycles. The van der Waals surface area contributed by atoms with E-state index in [0.717, 1.165) is 16.5 Å². The number of carboxylic acids is 1. The number of carbonyl (C=O) groups excluding carboxylic acids is 1. The zero-order chi connectivity index (χ0) is 21.8. The monoisotopic (exact) mass is 413 g/mol. The molecule has 4 aromatic rings. The molecule has 0 radical (unpaired) electrons. The van der Waals surface area contributed by atoms with E-state index in [-0.39, 0.29) is 17.1 Å². The lowest BCUT2D eigenvalue weighted by molar-refractivity contribution is 0.0696. The predicted molar refractivity (Wildman–Crippen MR) is 116 cm³/mol. The van der Waals surface area contributed by atoms with Crippen LogP contribution in [-0.2, 0) is 6.61 Å². The van der Waals surface area contributed by atoms with Crippen LogP contribution in [0.4, 0.5) is 5.82 Å². The van der Waals surface area contributed by atoms with Crippen LogP contribution in [0.5, 0.6) is 5.75 Å². The van der Waals surface area contributed by atoms with Crippen molar-refractivity contribution in [2.45, 2.75) is 13.5 Å². The number of fused-ring (bicyclic) bond motifs is 1. The maximum atomic E-state index is 12.8. The molecule has 1 amide bonds. The van der Waals surface area contributed by atoms with Crippen LogP contribution in [0.25, 0.3) is 10.9 Å². The zero-order valence-electron chi connectivity index (χ0n) is 16.7. The number of aryl methyl sites for hydroxylation is 1. The van der Waals surface area contributed by atoms with Crippen molar-refractivity contribution in [3.8, 4) is 5.75 Å². The van der Waals surface area contributed by atoms with E-state index in [0.29, 0.717) is 17.9 Å². The van der Waals surface area contributed by atoms with Gasteiger partial charge in [0.2, 0.25) is 0 Å². The number of nitrogens with zero attached hydrogens (tertiary/aromatic N) is 2. The van der Waals surface area contributed by atoms with E-state index in [1.807, 2.05) is 55.5 Å². The Morgan fingerprint density at radius 1 is 1.03 bits per heavy atom. The smallest absolute Gasteiger partial charge is 0.337 e. The second-order valence-corrected chi connectivity index (χ2v) is 6.93. The molecule has 0 atom stereocenters. The number of pyridine rings is 2. The Morgan fingerprint density at radius 3 is 2.55 bits per heavy atom. The summed E-state index contributed by atoms with van der Waals surface area (Å²) in [5.41, 5.74) is 3.01. The molecule has 7 nitrogen and oxygen atoms in total. The van der Waals surface area contributed by atoms with Crippen LogP contribution >= 0.6 is 0 Å². The van der Waals surface area contributed by atoms with Crippen LogP contribution in [0.1, 0.15) is 32.0 Å². The lowest BCUT2D eigenvalue weighted by atomic mass is 10.1. The SMILES string of the molecule is Cc1ccccc1COc1cc(C(=O)Nc2ccc(C(=O)O)cn2)nc2ccccc12. The largest absolute Gasteiger partial charge is 0.488 e. The molecule has 0 unspecified atom stereocenters. The summed E-state index contributed by atoms with van der Waals surface area (Å²) in [6, 6.07) is 19.8. The molecule has 7 heteroatoms. The summed E-state index contributed by atoms with van der Waals surface area (Å²) in [4.78, 5) is 32.1. The van der Waals surface area contributed by atoms with Crippen LogP contribution in [0.3, 0.4) is 0 Å². The summed E-state index contributed by atoms with van der Waals surface area (Å²) in [6.07, 6.45) is 1.18. The third-order valence-corrected chi connectivity index (χ3v) is 4.81. The molecule has 0 aliphatic heterocycles. The Morgan fingerprint density at radius 2 is 1.81 bits per heavy atom. The fraction of sp³-hybridized carbons (Fsp3) is 0.0833. The minimum atomic E-state index is -1.09. The van der Waals surface area contributed by atoms with Gasteiger partial charge in [-0.15, -0.1) is 0 Å². The highest BCUT2D eigenvalue weighted by atomic mass is 16.5. The van der Waals surface area contributed by atoms with Gasteiger partial charge < -0.3 is 15.2 Å². The summed E-state index contributed by atoms with van der Waals surface area (Å²) in [5, 5.41) is 12.4. The Bertz CT molecular complexity index is 1270. The van der Waals surface area contributed by atoms with Crippen molar-refractivity contribution < 1.29 is 19.4 Å². The van der Waals surface area contributed by atoms with Gasteiger partial charge in [-0.1, -0.05) is 36.4 Å². The van der Waals surface area contributed by atoms with Crippen molar-refractivity contribution in [3.05, 3.63) is 95.3 Å². The average molecular weight is 413 g/mol. The van der Waals surface area contributed by atoms with Gasteiger partial charge >= 0.3 is 5.97 Å². The third kappa shape index (κ3) is 4.51. The van der Waals surface area contributed by atoms with Crippen molar-refractivity contribution in [2.24, 2.45) is 0 Å². The first-order valence-electron chi connectivity index (χ1n) is 9.59. The number of carboxylic acid groups (broad SMARTS) is 1. The van der Waals surface area contributed by atoms with E-state index < -0.39 is 11.9 Å². The lowest BCUT2D eigenvalue weighted by Gasteiger charge is -2.13. The first-order chi connectivity index (χ1) is 15.0. The predicted octanol–water partition coefficient (Wildman–Crippen LogP) is 4.47. The quantitative estimate of drug-likeness (QED) is 0.484. The normalized spacial score (nSPS) is 10.6. The van der Waals surface area contributed by atoms with Crippen LogP contribution in [0.2, 0.25) is 0 Å². The molecule has 2 N–H and O–H groups in total. The fourth-order valence-electron chi connectivity index (χ4n) is 3.08. The maximum absolute atomic E-state index is 12.8. The van der Waals surface area contributed by atoms with Gasteiger partial charge in [-0.3, -0.25) is 4.79 Å². The molecule has 0 aliphatic rings. The number of hydrogen-bond donors (Lipinski definition) is 2.